The molecule has 1 amide bonds. The van der Waals surface area contributed by atoms with Crippen LogP contribution in [0.25, 0.3) is 10.8 Å². The van der Waals surface area contributed by atoms with E-state index in [1.807, 2.05) is 18.2 Å². The molecule has 1 aromatic carbocycles. The number of esters is 1. The summed E-state index contributed by atoms with van der Waals surface area (Å²) in [5.74, 6) is -0.656. The maximum absolute atomic E-state index is 12.0. The number of carbonyl (C=O) groups excluding carboxylic acids is 2. The highest BCUT2D eigenvalue weighted by Gasteiger charge is 2.16. The Bertz CT molecular complexity index is 901. The Morgan fingerprint density at radius 1 is 1.20 bits per heavy atom. The zero-order valence-electron chi connectivity index (χ0n) is 12.7. The van der Waals surface area contributed by atoms with Crippen molar-refractivity contribution in [2.45, 2.75) is 0 Å². The number of benzene rings is 1. The van der Waals surface area contributed by atoms with Crippen molar-refractivity contribution in [2.24, 2.45) is 0 Å². The third-order valence-electron chi connectivity index (χ3n) is 2.91. The van der Waals surface area contributed by atoms with Crippen LogP contribution in [0.4, 0.5) is 5.69 Å². The Hall–Kier alpha value is -2.40. The van der Waals surface area contributed by atoms with Gasteiger partial charge in [-0.3, -0.25) is 4.79 Å². The molecule has 0 bridgehead atoms. The van der Waals surface area contributed by atoms with Crippen molar-refractivity contribution in [3.05, 3.63) is 57.4 Å². The molecular formula is C16H11IN4O3S. The van der Waals surface area contributed by atoms with Gasteiger partial charge in [-0.2, -0.15) is 0 Å². The van der Waals surface area contributed by atoms with E-state index in [0.717, 1.165) is 3.57 Å². The van der Waals surface area contributed by atoms with Crippen molar-refractivity contribution in [2.75, 3.05) is 11.9 Å². The van der Waals surface area contributed by atoms with E-state index in [4.69, 9.17) is 4.74 Å². The highest BCUT2D eigenvalue weighted by atomic mass is 127. The lowest BCUT2D eigenvalue weighted by Crippen LogP contribution is -2.21. The summed E-state index contributed by atoms with van der Waals surface area (Å²) < 4.78 is 5.98. The molecule has 2 heterocycles. The molecule has 0 radical (unpaired) electrons. The van der Waals surface area contributed by atoms with E-state index in [2.05, 4.69) is 42.9 Å². The average Bonchev–Trinajstić information content (AvgIpc) is 3.11. The van der Waals surface area contributed by atoms with Gasteiger partial charge in [-0.1, -0.05) is 6.07 Å². The summed E-state index contributed by atoms with van der Waals surface area (Å²) in [6.07, 6.45) is 3.19. The molecule has 0 fully saturated rings. The van der Waals surface area contributed by atoms with Crippen molar-refractivity contribution >= 4 is 51.5 Å². The third-order valence-corrected chi connectivity index (χ3v) is 4.42. The van der Waals surface area contributed by atoms with Crippen molar-refractivity contribution in [3.8, 4) is 10.8 Å². The second-order valence-electron chi connectivity index (χ2n) is 4.74. The highest BCUT2D eigenvalue weighted by Crippen LogP contribution is 2.20. The maximum Gasteiger partial charge on any atom is 0.358 e. The average molecular weight is 466 g/mol. The third kappa shape index (κ3) is 4.79. The first kappa shape index (κ1) is 17.4. The van der Waals surface area contributed by atoms with Gasteiger partial charge in [-0.05, 0) is 46.9 Å². The number of nitrogens with one attached hydrogen (secondary N) is 1. The van der Waals surface area contributed by atoms with E-state index in [-0.39, 0.29) is 12.3 Å². The molecule has 0 unspecified atom stereocenters. The van der Waals surface area contributed by atoms with Gasteiger partial charge >= 0.3 is 5.97 Å². The van der Waals surface area contributed by atoms with Crippen LogP contribution in [-0.4, -0.2) is 33.4 Å². The summed E-state index contributed by atoms with van der Waals surface area (Å²) in [6.45, 7) is -0.390. The molecule has 0 aliphatic rings. The molecule has 1 N–H and O–H groups in total. The van der Waals surface area contributed by atoms with Gasteiger partial charge in [0.1, 0.15) is 0 Å². The summed E-state index contributed by atoms with van der Waals surface area (Å²) in [6, 6.07) is 9.00. The van der Waals surface area contributed by atoms with Gasteiger partial charge in [0.15, 0.2) is 23.1 Å². The molecule has 3 aromatic rings. The number of anilines is 1. The lowest BCUT2D eigenvalue weighted by molar-refractivity contribution is -0.119. The van der Waals surface area contributed by atoms with Crippen molar-refractivity contribution < 1.29 is 14.3 Å². The Morgan fingerprint density at radius 3 is 2.76 bits per heavy atom. The Balaban J connectivity index is 1.56. The maximum atomic E-state index is 12.0. The van der Waals surface area contributed by atoms with Crippen LogP contribution in [0.15, 0.2) is 48.1 Å². The van der Waals surface area contributed by atoms with Crippen LogP contribution in [0.1, 0.15) is 10.5 Å². The standard InChI is InChI=1S/C16H11IN4O3S/c17-10-3-1-4-11(7-10)20-13(22)8-24-16(23)12-9-25-15(21-12)14-18-5-2-6-19-14/h1-7,9H,8H2,(H,20,22). The quantitative estimate of drug-likeness (QED) is 0.459. The fourth-order valence-electron chi connectivity index (χ4n) is 1.85. The molecule has 2 aromatic heterocycles. The molecule has 0 spiro atoms. The minimum Gasteiger partial charge on any atom is -0.451 e. The highest BCUT2D eigenvalue weighted by molar-refractivity contribution is 14.1. The number of amides is 1. The number of ether oxygens (including phenoxy) is 1. The van der Waals surface area contributed by atoms with Gasteiger partial charge in [-0.15, -0.1) is 11.3 Å². The van der Waals surface area contributed by atoms with Gasteiger partial charge in [0.2, 0.25) is 0 Å². The van der Waals surface area contributed by atoms with E-state index < -0.39 is 11.9 Å². The van der Waals surface area contributed by atoms with Gasteiger partial charge in [0.25, 0.3) is 5.91 Å². The van der Waals surface area contributed by atoms with Crippen LogP contribution in [0.5, 0.6) is 0 Å². The van der Waals surface area contributed by atoms with Gasteiger partial charge < -0.3 is 10.1 Å². The number of rotatable bonds is 5. The zero-order valence-corrected chi connectivity index (χ0v) is 15.7. The van der Waals surface area contributed by atoms with Crippen LogP contribution in [-0.2, 0) is 9.53 Å². The molecule has 0 saturated heterocycles. The molecule has 0 atom stereocenters. The molecule has 3 rings (SSSR count). The second-order valence-corrected chi connectivity index (χ2v) is 6.85. The number of nitrogens with zero attached hydrogens (tertiary/aromatic N) is 3. The van der Waals surface area contributed by atoms with Crippen LogP contribution >= 0.6 is 33.9 Å². The molecule has 0 saturated carbocycles. The van der Waals surface area contributed by atoms with Crippen LogP contribution < -0.4 is 5.32 Å². The molecular weight excluding hydrogens is 455 g/mol. The summed E-state index contributed by atoms with van der Waals surface area (Å²) in [7, 11) is 0. The minimum absolute atomic E-state index is 0.120. The van der Waals surface area contributed by atoms with E-state index in [1.54, 1.807) is 29.9 Å². The van der Waals surface area contributed by atoms with E-state index >= 15 is 0 Å². The lowest BCUT2D eigenvalue weighted by Gasteiger charge is -2.06. The Morgan fingerprint density at radius 2 is 2.00 bits per heavy atom. The lowest BCUT2D eigenvalue weighted by atomic mass is 10.3. The molecule has 25 heavy (non-hydrogen) atoms. The van der Waals surface area contributed by atoms with Crippen molar-refractivity contribution in [1.29, 1.82) is 0 Å². The summed E-state index contributed by atoms with van der Waals surface area (Å²) in [4.78, 5) is 36.1. The number of thiazole rings is 1. The van der Waals surface area contributed by atoms with E-state index in [9.17, 15) is 9.59 Å². The fourth-order valence-corrected chi connectivity index (χ4v) is 3.13. The Kier molecular flexibility index (Phi) is 5.66. The first-order chi connectivity index (χ1) is 12.1. The van der Waals surface area contributed by atoms with Gasteiger partial charge in [0, 0.05) is 27.0 Å². The molecule has 9 heteroatoms. The molecule has 126 valence electrons. The fraction of sp³-hybridized carbons (Fsp3) is 0.0625. The summed E-state index contributed by atoms with van der Waals surface area (Å²) in [5, 5.41) is 4.72. The predicted octanol–water partition coefficient (Wildman–Crippen LogP) is 3.00. The van der Waals surface area contributed by atoms with Crippen molar-refractivity contribution in [3.63, 3.8) is 0 Å². The topological polar surface area (TPSA) is 94.1 Å². The molecule has 0 aliphatic carbocycles. The summed E-state index contributed by atoms with van der Waals surface area (Å²) in [5.41, 5.74) is 0.764. The normalized spacial score (nSPS) is 10.3. The van der Waals surface area contributed by atoms with E-state index in [1.165, 1.54) is 11.3 Å². The first-order valence-electron chi connectivity index (χ1n) is 7.07. The van der Waals surface area contributed by atoms with Gasteiger partial charge in [0.05, 0.1) is 0 Å². The monoisotopic (exact) mass is 466 g/mol. The minimum atomic E-state index is -0.670. The zero-order chi connectivity index (χ0) is 17.6. The first-order valence-corrected chi connectivity index (χ1v) is 9.03. The second kappa shape index (κ2) is 8.12. The predicted molar refractivity (Wildman–Crippen MR) is 101 cm³/mol. The van der Waals surface area contributed by atoms with E-state index in [0.29, 0.717) is 16.5 Å². The van der Waals surface area contributed by atoms with Crippen LogP contribution in [0.2, 0.25) is 0 Å². The number of hydrogen-bond acceptors (Lipinski definition) is 7. The van der Waals surface area contributed by atoms with Gasteiger partial charge in [-0.25, -0.2) is 19.7 Å². The summed E-state index contributed by atoms with van der Waals surface area (Å²) >= 11 is 3.38. The number of carbonyl (C=O) groups is 2. The molecule has 7 nitrogen and oxygen atoms in total. The van der Waals surface area contributed by atoms with Crippen LogP contribution in [0.3, 0.4) is 0 Å². The number of hydrogen-bond donors (Lipinski definition) is 1. The van der Waals surface area contributed by atoms with Crippen molar-refractivity contribution in [1.82, 2.24) is 15.0 Å². The number of aromatic nitrogens is 3. The number of halogens is 1. The SMILES string of the molecule is O=C(COC(=O)c1csc(-c2ncccn2)n1)Nc1cccc(I)c1. The van der Waals surface area contributed by atoms with Crippen LogP contribution in [0, 0.1) is 3.57 Å². The largest absolute Gasteiger partial charge is 0.451 e. The smallest absolute Gasteiger partial charge is 0.358 e. The molecule has 0 aliphatic heterocycles. The Labute approximate surface area is 160 Å².